The smallest absolute Gasteiger partial charge is 0.305 e. The van der Waals surface area contributed by atoms with Crippen LogP contribution in [0.2, 0.25) is 0 Å². The lowest BCUT2D eigenvalue weighted by molar-refractivity contribution is -0.143. The van der Waals surface area contributed by atoms with Crippen molar-refractivity contribution in [3.05, 3.63) is 29.8 Å². The van der Waals surface area contributed by atoms with E-state index >= 15 is 0 Å². The molecule has 0 unspecified atom stereocenters. The quantitative estimate of drug-likeness (QED) is 0.272. The summed E-state index contributed by atoms with van der Waals surface area (Å²) in [6.45, 7) is 3.21. The molecule has 0 atom stereocenters. The van der Waals surface area contributed by atoms with Gasteiger partial charge in [0.25, 0.3) is 0 Å². The third-order valence-electron chi connectivity index (χ3n) is 4.94. The Balaban J connectivity index is 1.94. The van der Waals surface area contributed by atoms with E-state index in [-0.39, 0.29) is 11.9 Å². The number of hydrogen-bond donors (Lipinski definition) is 1. The summed E-state index contributed by atoms with van der Waals surface area (Å²) < 4.78 is 10.4. The van der Waals surface area contributed by atoms with Crippen molar-refractivity contribution in [1.29, 1.82) is 0 Å². The maximum absolute atomic E-state index is 11.9. The Labute approximate surface area is 176 Å². The summed E-state index contributed by atoms with van der Waals surface area (Å²) in [5.41, 5.74) is 1.01. The third-order valence-corrected chi connectivity index (χ3v) is 4.94. The Bertz CT molecular complexity index is 557. The van der Waals surface area contributed by atoms with Gasteiger partial charge in [0.2, 0.25) is 5.91 Å². The van der Waals surface area contributed by atoms with Gasteiger partial charge in [-0.05, 0) is 30.5 Å². The number of unbranched alkanes of at least 4 members (excludes halogenated alkanes) is 8. The van der Waals surface area contributed by atoms with Crippen LogP contribution in [-0.2, 0) is 20.9 Å². The Morgan fingerprint density at radius 1 is 0.828 bits per heavy atom. The van der Waals surface area contributed by atoms with Crippen molar-refractivity contribution in [2.75, 3.05) is 13.7 Å². The Kier molecular flexibility index (Phi) is 14.5. The molecule has 1 N–H and O–H groups in total. The molecular weight excluding hydrogens is 366 g/mol. The van der Waals surface area contributed by atoms with Crippen LogP contribution in [0.15, 0.2) is 24.3 Å². The first-order chi connectivity index (χ1) is 14.2. The summed E-state index contributed by atoms with van der Waals surface area (Å²) in [6, 6.07) is 7.57. The maximum Gasteiger partial charge on any atom is 0.305 e. The minimum Gasteiger partial charge on any atom is -0.497 e. The second kappa shape index (κ2) is 16.9. The van der Waals surface area contributed by atoms with E-state index in [1.165, 1.54) is 44.9 Å². The van der Waals surface area contributed by atoms with Crippen LogP contribution >= 0.6 is 0 Å². The van der Waals surface area contributed by atoms with Crippen molar-refractivity contribution >= 4 is 11.9 Å². The van der Waals surface area contributed by atoms with Crippen LogP contribution in [0.4, 0.5) is 0 Å². The molecule has 0 aliphatic heterocycles. The second-order valence-electron chi connectivity index (χ2n) is 7.53. The summed E-state index contributed by atoms with van der Waals surface area (Å²) in [7, 11) is 1.62. The highest BCUT2D eigenvalue weighted by atomic mass is 16.5. The van der Waals surface area contributed by atoms with Crippen molar-refractivity contribution in [1.82, 2.24) is 5.32 Å². The molecule has 0 saturated carbocycles. The molecule has 1 amide bonds. The van der Waals surface area contributed by atoms with Crippen LogP contribution in [-0.4, -0.2) is 25.6 Å². The molecule has 0 aliphatic carbocycles. The van der Waals surface area contributed by atoms with E-state index in [9.17, 15) is 9.59 Å². The van der Waals surface area contributed by atoms with E-state index < -0.39 is 0 Å². The normalized spacial score (nSPS) is 10.6. The zero-order chi connectivity index (χ0) is 21.2. The van der Waals surface area contributed by atoms with Gasteiger partial charge in [0.15, 0.2) is 0 Å². The van der Waals surface area contributed by atoms with Crippen molar-refractivity contribution < 1.29 is 19.1 Å². The van der Waals surface area contributed by atoms with Gasteiger partial charge in [-0.15, -0.1) is 0 Å². The molecule has 29 heavy (non-hydrogen) atoms. The fourth-order valence-electron chi connectivity index (χ4n) is 3.10. The van der Waals surface area contributed by atoms with Gasteiger partial charge in [-0.2, -0.15) is 0 Å². The van der Waals surface area contributed by atoms with Gasteiger partial charge in [-0.3, -0.25) is 9.59 Å². The fraction of sp³-hybridized carbons (Fsp3) is 0.667. The molecule has 1 rings (SSSR count). The van der Waals surface area contributed by atoms with Crippen molar-refractivity contribution in [3.8, 4) is 5.75 Å². The molecular formula is C24H39NO4. The van der Waals surface area contributed by atoms with E-state index in [4.69, 9.17) is 9.47 Å². The predicted molar refractivity (Wildman–Crippen MR) is 117 cm³/mol. The SMILES string of the molecule is CCCCCCCCCCCOC(=O)CCCC(=O)NCc1ccc(OC)cc1. The summed E-state index contributed by atoms with van der Waals surface area (Å²) in [4.78, 5) is 23.6. The van der Waals surface area contributed by atoms with E-state index in [0.717, 1.165) is 24.2 Å². The predicted octanol–water partition coefficient (Wildman–Crippen LogP) is 5.56. The van der Waals surface area contributed by atoms with E-state index in [1.54, 1.807) is 7.11 Å². The average molecular weight is 406 g/mol. The highest BCUT2D eigenvalue weighted by Gasteiger charge is 2.06. The van der Waals surface area contributed by atoms with Gasteiger partial charge >= 0.3 is 5.97 Å². The number of carbonyl (C=O) groups excluding carboxylic acids is 2. The van der Waals surface area contributed by atoms with Crippen molar-refractivity contribution in [2.24, 2.45) is 0 Å². The summed E-state index contributed by atoms with van der Waals surface area (Å²) >= 11 is 0. The number of esters is 1. The fourth-order valence-corrected chi connectivity index (χ4v) is 3.10. The lowest BCUT2D eigenvalue weighted by Crippen LogP contribution is -2.22. The lowest BCUT2D eigenvalue weighted by Gasteiger charge is -2.07. The second-order valence-corrected chi connectivity index (χ2v) is 7.53. The Hall–Kier alpha value is -2.04. The average Bonchev–Trinajstić information content (AvgIpc) is 2.74. The molecule has 0 radical (unpaired) electrons. The van der Waals surface area contributed by atoms with Gasteiger partial charge in [-0.25, -0.2) is 0 Å². The molecule has 0 aromatic heterocycles. The minimum absolute atomic E-state index is 0.0486. The summed E-state index contributed by atoms with van der Waals surface area (Å²) in [5.74, 6) is 0.543. The Morgan fingerprint density at radius 3 is 2.07 bits per heavy atom. The monoisotopic (exact) mass is 405 g/mol. The zero-order valence-corrected chi connectivity index (χ0v) is 18.3. The molecule has 0 fully saturated rings. The zero-order valence-electron chi connectivity index (χ0n) is 18.3. The van der Waals surface area contributed by atoms with E-state index in [1.807, 2.05) is 24.3 Å². The first-order valence-electron chi connectivity index (χ1n) is 11.2. The highest BCUT2D eigenvalue weighted by molar-refractivity contribution is 5.77. The number of benzene rings is 1. The first kappa shape index (κ1) is 25.0. The number of methoxy groups -OCH3 is 1. The van der Waals surface area contributed by atoms with Gasteiger partial charge in [-0.1, -0.05) is 70.4 Å². The standard InChI is InChI=1S/C24H39NO4/c1-3-4-5-6-7-8-9-10-11-19-29-24(27)14-12-13-23(26)25-20-21-15-17-22(28-2)18-16-21/h15-18H,3-14,19-20H2,1-2H3,(H,25,26). The Morgan fingerprint density at radius 2 is 1.45 bits per heavy atom. The maximum atomic E-state index is 11.9. The van der Waals surface area contributed by atoms with Gasteiger partial charge < -0.3 is 14.8 Å². The topological polar surface area (TPSA) is 64.6 Å². The van der Waals surface area contributed by atoms with Crippen molar-refractivity contribution in [2.45, 2.75) is 90.5 Å². The highest BCUT2D eigenvalue weighted by Crippen LogP contribution is 2.11. The first-order valence-corrected chi connectivity index (χ1v) is 11.2. The molecule has 0 bridgehead atoms. The van der Waals surface area contributed by atoms with Crippen LogP contribution in [0.1, 0.15) is 89.5 Å². The number of nitrogens with one attached hydrogen (secondary N) is 1. The lowest BCUT2D eigenvalue weighted by atomic mass is 10.1. The van der Waals surface area contributed by atoms with Gasteiger partial charge in [0.05, 0.1) is 13.7 Å². The van der Waals surface area contributed by atoms with Crippen LogP contribution in [0.25, 0.3) is 0 Å². The van der Waals surface area contributed by atoms with Gasteiger partial charge in [0.1, 0.15) is 5.75 Å². The van der Waals surface area contributed by atoms with Crippen LogP contribution in [0.3, 0.4) is 0 Å². The number of hydrogen-bond acceptors (Lipinski definition) is 4. The summed E-state index contributed by atoms with van der Waals surface area (Å²) in [5, 5.41) is 2.87. The number of amides is 1. The molecule has 0 saturated heterocycles. The van der Waals surface area contributed by atoms with Gasteiger partial charge in [0, 0.05) is 19.4 Å². The van der Waals surface area contributed by atoms with Crippen LogP contribution in [0, 0.1) is 0 Å². The van der Waals surface area contributed by atoms with Crippen LogP contribution < -0.4 is 10.1 Å². The molecule has 1 aromatic rings. The summed E-state index contributed by atoms with van der Waals surface area (Å²) in [6.07, 6.45) is 12.4. The minimum atomic E-state index is -0.201. The molecule has 1 aromatic carbocycles. The number of ether oxygens (including phenoxy) is 2. The number of carbonyl (C=O) groups is 2. The largest absolute Gasteiger partial charge is 0.497 e. The van der Waals surface area contributed by atoms with Crippen LogP contribution in [0.5, 0.6) is 5.75 Å². The van der Waals surface area contributed by atoms with Crippen molar-refractivity contribution in [3.63, 3.8) is 0 Å². The molecule has 0 spiro atoms. The molecule has 5 heteroatoms. The molecule has 0 aliphatic rings. The molecule has 164 valence electrons. The number of rotatable bonds is 17. The third kappa shape index (κ3) is 13.7. The molecule has 5 nitrogen and oxygen atoms in total. The van der Waals surface area contributed by atoms with E-state index in [2.05, 4.69) is 12.2 Å². The van der Waals surface area contributed by atoms with E-state index in [0.29, 0.717) is 32.4 Å². The molecule has 0 heterocycles.